The zero-order chi connectivity index (χ0) is 15.4. The van der Waals surface area contributed by atoms with Crippen LogP contribution in [-0.2, 0) is 9.53 Å². The van der Waals surface area contributed by atoms with Crippen molar-refractivity contribution in [2.45, 2.75) is 13.0 Å². The first-order valence-corrected chi connectivity index (χ1v) is 7.79. The first kappa shape index (κ1) is 16.3. The molecule has 1 aromatic carbocycles. The molecule has 1 fully saturated rings. The quantitative estimate of drug-likeness (QED) is 0.880. The van der Waals surface area contributed by atoms with Gasteiger partial charge in [-0.1, -0.05) is 17.7 Å². The molecule has 2 rings (SSSR count). The molecule has 1 saturated heterocycles. The molecule has 0 aliphatic carbocycles. The summed E-state index contributed by atoms with van der Waals surface area (Å²) in [6.07, 6.45) is 0. The maximum Gasteiger partial charge on any atom is 0.253 e. The molecule has 0 radical (unpaired) electrons. The molecule has 1 aliphatic rings. The Labute approximate surface area is 136 Å². The number of nitrogens with zero attached hydrogens (tertiary/aromatic N) is 1. The molecule has 1 N–H and O–H groups in total. The van der Waals surface area contributed by atoms with Crippen molar-refractivity contribution >= 4 is 39.3 Å². The minimum absolute atomic E-state index is 0.113. The summed E-state index contributed by atoms with van der Waals surface area (Å²) in [5.74, 6) is -0.479. The summed E-state index contributed by atoms with van der Waals surface area (Å²) in [4.78, 5) is 26.1. The van der Waals surface area contributed by atoms with Crippen molar-refractivity contribution in [3.63, 3.8) is 0 Å². The lowest BCUT2D eigenvalue weighted by atomic mass is 10.2. The van der Waals surface area contributed by atoms with Crippen LogP contribution < -0.4 is 5.32 Å². The second-order valence-electron chi connectivity index (χ2n) is 4.73. The van der Waals surface area contributed by atoms with E-state index >= 15 is 0 Å². The van der Waals surface area contributed by atoms with E-state index in [0.29, 0.717) is 41.4 Å². The van der Waals surface area contributed by atoms with Gasteiger partial charge >= 0.3 is 0 Å². The summed E-state index contributed by atoms with van der Waals surface area (Å²) >= 11 is 9.35. The number of carbonyl (C=O) groups excluding carboxylic acids is 2. The van der Waals surface area contributed by atoms with E-state index in [9.17, 15) is 9.59 Å². The molecule has 0 saturated carbocycles. The molecular weight excluding hydrogens is 360 g/mol. The summed E-state index contributed by atoms with van der Waals surface area (Å²) < 4.78 is 5.85. The van der Waals surface area contributed by atoms with Crippen LogP contribution in [0.1, 0.15) is 17.3 Å². The van der Waals surface area contributed by atoms with Crippen LogP contribution in [0, 0.1) is 0 Å². The second kappa shape index (κ2) is 7.24. The average Bonchev–Trinajstić information content (AvgIpc) is 2.50. The molecule has 7 heteroatoms. The van der Waals surface area contributed by atoms with E-state index in [1.807, 2.05) is 0 Å². The molecule has 1 unspecified atom stereocenters. The zero-order valence-corrected chi connectivity index (χ0v) is 13.9. The Morgan fingerprint density at radius 1 is 1.38 bits per heavy atom. The number of ether oxygens (including phenoxy) is 1. The molecule has 0 spiro atoms. The van der Waals surface area contributed by atoms with E-state index in [1.54, 1.807) is 30.0 Å². The summed E-state index contributed by atoms with van der Waals surface area (Å²) in [7, 11) is 0. The molecule has 2 amide bonds. The summed E-state index contributed by atoms with van der Waals surface area (Å²) in [5, 5.41) is 3.02. The molecule has 0 bridgehead atoms. The molecule has 1 atom stereocenters. The first-order chi connectivity index (χ1) is 10.0. The fourth-order valence-electron chi connectivity index (χ4n) is 2.07. The van der Waals surface area contributed by atoms with Gasteiger partial charge in [0.1, 0.15) is 6.04 Å². The van der Waals surface area contributed by atoms with Crippen molar-refractivity contribution in [3.8, 4) is 0 Å². The second-order valence-corrected chi connectivity index (χ2v) is 5.97. The van der Waals surface area contributed by atoms with Crippen molar-refractivity contribution < 1.29 is 14.3 Å². The Morgan fingerprint density at radius 3 is 2.71 bits per heavy atom. The Bertz CT molecular complexity index is 547. The van der Waals surface area contributed by atoms with Gasteiger partial charge in [-0.2, -0.15) is 0 Å². The van der Waals surface area contributed by atoms with E-state index in [2.05, 4.69) is 21.2 Å². The Morgan fingerprint density at radius 2 is 2.05 bits per heavy atom. The highest BCUT2D eigenvalue weighted by molar-refractivity contribution is 9.10. The maximum absolute atomic E-state index is 12.2. The highest BCUT2D eigenvalue weighted by atomic mass is 79.9. The number of halogens is 2. The van der Waals surface area contributed by atoms with Gasteiger partial charge in [-0.25, -0.2) is 0 Å². The summed E-state index contributed by atoms with van der Waals surface area (Å²) in [6.45, 7) is 3.84. The van der Waals surface area contributed by atoms with Gasteiger partial charge in [0.25, 0.3) is 5.91 Å². The van der Waals surface area contributed by atoms with Crippen LogP contribution in [0.2, 0.25) is 5.02 Å². The van der Waals surface area contributed by atoms with Gasteiger partial charge in [0, 0.05) is 17.6 Å². The smallest absolute Gasteiger partial charge is 0.253 e. The number of carbonyl (C=O) groups is 2. The van der Waals surface area contributed by atoms with E-state index in [4.69, 9.17) is 16.3 Å². The minimum atomic E-state index is -0.606. The molecular formula is C14H16BrClN2O3. The summed E-state index contributed by atoms with van der Waals surface area (Å²) in [5.41, 5.74) is 0.340. The Kier molecular flexibility index (Phi) is 5.61. The zero-order valence-electron chi connectivity index (χ0n) is 11.6. The maximum atomic E-state index is 12.2. The highest BCUT2D eigenvalue weighted by Gasteiger charge is 2.24. The van der Waals surface area contributed by atoms with Crippen molar-refractivity contribution in [2.75, 3.05) is 26.3 Å². The van der Waals surface area contributed by atoms with Gasteiger partial charge in [0.2, 0.25) is 5.91 Å². The lowest BCUT2D eigenvalue weighted by molar-refractivity contribution is -0.136. The van der Waals surface area contributed by atoms with Gasteiger partial charge in [-0.05, 0) is 35.0 Å². The fourth-order valence-corrected chi connectivity index (χ4v) is 2.65. The molecule has 1 heterocycles. The van der Waals surface area contributed by atoms with Gasteiger partial charge in [-0.15, -0.1) is 0 Å². The van der Waals surface area contributed by atoms with Crippen LogP contribution in [0.15, 0.2) is 22.7 Å². The van der Waals surface area contributed by atoms with Gasteiger partial charge < -0.3 is 15.0 Å². The molecule has 114 valence electrons. The number of hydrogen-bond acceptors (Lipinski definition) is 3. The lowest BCUT2D eigenvalue weighted by Gasteiger charge is -2.29. The highest BCUT2D eigenvalue weighted by Crippen LogP contribution is 2.25. The number of nitrogens with one attached hydrogen (secondary N) is 1. The van der Waals surface area contributed by atoms with E-state index in [0.717, 1.165) is 0 Å². The van der Waals surface area contributed by atoms with Gasteiger partial charge in [0.05, 0.1) is 23.8 Å². The third-order valence-electron chi connectivity index (χ3n) is 3.24. The molecule has 5 nitrogen and oxygen atoms in total. The average molecular weight is 376 g/mol. The molecule has 1 aliphatic heterocycles. The number of benzene rings is 1. The normalized spacial score (nSPS) is 16.4. The number of hydrogen-bond donors (Lipinski definition) is 1. The van der Waals surface area contributed by atoms with Gasteiger partial charge in [0.15, 0.2) is 0 Å². The molecule has 0 aromatic heterocycles. The first-order valence-electron chi connectivity index (χ1n) is 6.62. The minimum Gasteiger partial charge on any atom is -0.378 e. The largest absolute Gasteiger partial charge is 0.378 e. The summed E-state index contributed by atoms with van der Waals surface area (Å²) in [6, 6.07) is 4.49. The Balaban J connectivity index is 2.01. The fraction of sp³-hybridized carbons (Fsp3) is 0.429. The third kappa shape index (κ3) is 3.96. The van der Waals surface area contributed by atoms with E-state index in [1.165, 1.54) is 0 Å². The monoisotopic (exact) mass is 374 g/mol. The van der Waals surface area contributed by atoms with Crippen molar-refractivity contribution in [1.82, 2.24) is 10.2 Å². The number of amides is 2. The molecule has 21 heavy (non-hydrogen) atoms. The van der Waals surface area contributed by atoms with E-state index < -0.39 is 6.04 Å². The van der Waals surface area contributed by atoms with Crippen LogP contribution in [0.25, 0.3) is 0 Å². The van der Waals surface area contributed by atoms with Crippen molar-refractivity contribution in [1.29, 1.82) is 0 Å². The third-order valence-corrected chi connectivity index (χ3v) is 4.53. The van der Waals surface area contributed by atoms with Crippen LogP contribution in [0.3, 0.4) is 0 Å². The van der Waals surface area contributed by atoms with Crippen molar-refractivity contribution in [2.24, 2.45) is 0 Å². The van der Waals surface area contributed by atoms with Gasteiger partial charge in [-0.3, -0.25) is 9.59 Å². The Hall–Kier alpha value is -1.11. The van der Waals surface area contributed by atoms with Crippen LogP contribution in [-0.4, -0.2) is 49.1 Å². The van der Waals surface area contributed by atoms with Crippen LogP contribution in [0.4, 0.5) is 0 Å². The number of morpholine rings is 1. The van der Waals surface area contributed by atoms with Crippen LogP contribution in [0.5, 0.6) is 0 Å². The SMILES string of the molecule is CC(NC(=O)c1cccc(Br)c1Cl)C(=O)N1CCOCC1. The number of rotatable bonds is 3. The topological polar surface area (TPSA) is 58.6 Å². The van der Waals surface area contributed by atoms with Crippen LogP contribution >= 0.6 is 27.5 Å². The predicted molar refractivity (Wildman–Crippen MR) is 83.5 cm³/mol. The van der Waals surface area contributed by atoms with E-state index in [-0.39, 0.29) is 11.8 Å². The van der Waals surface area contributed by atoms with Crippen molar-refractivity contribution in [3.05, 3.63) is 33.3 Å². The predicted octanol–water partition coefficient (Wildman–Crippen LogP) is 2.08. The molecule has 1 aromatic rings. The lowest BCUT2D eigenvalue weighted by Crippen LogP contribution is -2.50. The standard InChI is InChI=1S/C14H16BrClN2O3/c1-9(14(20)18-5-7-21-8-6-18)17-13(19)10-3-2-4-11(15)12(10)16/h2-4,9H,5-8H2,1H3,(H,17,19).